The van der Waals surface area contributed by atoms with Crippen LogP contribution in [0.25, 0.3) is 11.3 Å². The molecular weight excluding hydrogens is 530 g/mol. The molecule has 0 aliphatic carbocycles. The van der Waals surface area contributed by atoms with Crippen molar-refractivity contribution >= 4 is 27.5 Å². The molecule has 1 aliphatic rings. The fourth-order valence-corrected chi connectivity index (χ4v) is 4.07. The highest BCUT2D eigenvalue weighted by molar-refractivity contribution is 6.42. The minimum Gasteiger partial charge on any atom is -0.352 e. The molecule has 1 amide bonds. The molecule has 1 fully saturated rings. The van der Waals surface area contributed by atoms with E-state index in [4.69, 9.17) is 20.4 Å². The topological polar surface area (TPSA) is 98.1 Å². The van der Waals surface area contributed by atoms with Crippen LogP contribution in [0.15, 0.2) is 30.7 Å². The minimum atomic E-state index is -4.67. The first-order valence-electron chi connectivity index (χ1n) is 11.3. The van der Waals surface area contributed by atoms with Crippen LogP contribution in [0.5, 0.6) is 0 Å². The zero-order valence-electron chi connectivity index (χ0n) is 20.7. The van der Waals surface area contributed by atoms with Gasteiger partial charge in [0.2, 0.25) is 5.95 Å². The molecular formula is C22H19B2F6N7O2. The number of amides is 1. The highest BCUT2D eigenvalue weighted by Gasteiger charge is 2.60. The van der Waals surface area contributed by atoms with E-state index in [1.54, 1.807) is 6.92 Å². The number of carbonyl (C=O) groups excluding carboxylic acids is 1. The molecule has 4 rings (SSSR count). The van der Waals surface area contributed by atoms with Crippen LogP contribution in [0.2, 0.25) is 0 Å². The second-order valence-electron chi connectivity index (χ2n) is 8.88. The van der Waals surface area contributed by atoms with Gasteiger partial charge in [-0.3, -0.25) is 14.5 Å². The van der Waals surface area contributed by atoms with Gasteiger partial charge in [-0.05, 0) is 26.0 Å². The summed E-state index contributed by atoms with van der Waals surface area (Å²) in [6.07, 6.45) is -8.31. The van der Waals surface area contributed by atoms with Crippen molar-refractivity contribution in [2.45, 2.75) is 43.6 Å². The monoisotopic (exact) mass is 549 g/mol. The Bertz CT molecular complexity index is 1370. The Hall–Kier alpha value is -3.62. The summed E-state index contributed by atoms with van der Waals surface area (Å²) in [5.41, 5.74) is -0.799. The highest BCUT2D eigenvalue weighted by atomic mass is 19.4. The van der Waals surface area contributed by atoms with Crippen molar-refractivity contribution < 1.29 is 35.9 Å². The van der Waals surface area contributed by atoms with Crippen molar-refractivity contribution in [3.63, 3.8) is 0 Å². The molecule has 3 aromatic rings. The number of morpholine rings is 1. The molecule has 0 aromatic carbocycles. The van der Waals surface area contributed by atoms with E-state index < -0.39 is 53.6 Å². The average Bonchev–Trinajstić information content (AvgIpc) is 3.14. The van der Waals surface area contributed by atoms with Crippen molar-refractivity contribution in [2.75, 3.05) is 11.9 Å². The Labute approximate surface area is 220 Å². The Morgan fingerprint density at radius 3 is 2.36 bits per heavy atom. The SMILES string of the molecule is [B]C1([B])N(C(=O)c2nn(C)c(C)c2-c2ccc(F)cn2)C(CNc2ncc(C(F)(F)F)cn2)C(C)OC1(F)F. The number of halogens is 6. The van der Waals surface area contributed by atoms with Gasteiger partial charge >= 0.3 is 12.3 Å². The average molecular weight is 549 g/mol. The second kappa shape index (κ2) is 9.84. The van der Waals surface area contributed by atoms with E-state index in [0.717, 1.165) is 12.3 Å². The second-order valence-corrected chi connectivity index (χ2v) is 8.88. The number of pyridine rings is 1. The number of aromatic nitrogens is 5. The first-order valence-corrected chi connectivity index (χ1v) is 11.3. The van der Waals surface area contributed by atoms with Crippen LogP contribution in [0.4, 0.5) is 32.3 Å². The molecule has 202 valence electrons. The number of nitrogens with one attached hydrogen (secondary N) is 1. The Morgan fingerprint density at radius 2 is 1.79 bits per heavy atom. The summed E-state index contributed by atoms with van der Waals surface area (Å²) in [7, 11) is 13.1. The first kappa shape index (κ1) is 28.4. The van der Waals surface area contributed by atoms with Gasteiger partial charge < -0.3 is 15.0 Å². The molecule has 39 heavy (non-hydrogen) atoms. The van der Waals surface area contributed by atoms with Crippen molar-refractivity contribution in [1.82, 2.24) is 29.6 Å². The fraction of sp³-hybridized carbons (Fsp3) is 0.409. The van der Waals surface area contributed by atoms with Gasteiger partial charge in [0, 0.05) is 31.7 Å². The lowest BCUT2D eigenvalue weighted by Crippen LogP contribution is -2.74. The fourth-order valence-electron chi connectivity index (χ4n) is 4.07. The summed E-state index contributed by atoms with van der Waals surface area (Å²) >= 11 is 0. The summed E-state index contributed by atoms with van der Waals surface area (Å²) in [5, 5.41) is 3.55. The van der Waals surface area contributed by atoms with Crippen LogP contribution in [-0.2, 0) is 18.0 Å². The van der Waals surface area contributed by atoms with Gasteiger partial charge in [-0.25, -0.2) is 14.4 Å². The zero-order chi connectivity index (χ0) is 28.9. The van der Waals surface area contributed by atoms with Gasteiger partial charge in [0.05, 0.1) is 40.5 Å². The summed E-state index contributed by atoms with van der Waals surface area (Å²) in [6.45, 7) is 2.41. The van der Waals surface area contributed by atoms with Crippen LogP contribution >= 0.6 is 0 Å². The van der Waals surface area contributed by atoms with Gasteiger partial charge in [-0.15, -0.1) is 0 Å². The molecule has 1 aliphatic heterocycles. The summed E-state index contributed by atoms with van der Waals surface area (Å²) < 4.78 is 87.8. The normalized spacial score (nSPS) is 20.6. The summed E-state index contributed by atoms with van der Waals surface area (Å²) in [5.74, 6) is -2.06. The van der Waals surface area contributed by atoms with Crippen LogP contribution < -0.4 is 5.32 Å². The smallest absolute Gasteiger partial charge is 0.352 e. The van der Waals surface area contributed by atoms with E-state index >= 15 is 0 Å². The molecule has 1 N–H and O–H groups in total. The highest BCUT2D eigenvalue weighted by Crippen LogP contribution is 2.41. The Balaban J connectivity index is 1.73. The molecule has 0 spiro atoms. The van der Waals surface area contributed by atoms with Crippen molar-refractivity contribution in [2.24, 2.45) is 7.05 Å². The van der Waals surface area contributed by atoms with Crippen molar-refractivity contribution in [3.05, 3.63) is 53.5 Å². The Kier molecular flexibility index (Phi) is 7.17. The third-order valence-electron chi connectivity index (χ3n) is 6.26. The lowest BCUT2D eigenvalue weighted by molar-refractivity contribution is -0.319. The molecule has 17 heteroatoms. The van der Waals surface area contributed by atoms with Crippen LogP contribution in [0.1, 0.15) is 28.7 Å². The van der Waals surface area contributed by atoms with Gasteiger partial charge in [0.1, 0.15) is 21.5 Å². The predicted molar refractivity (Wildman–Crippen MR) is 126 cm³/mol. The minimum absolute atomic E-state index is 0.124. The molecule has 9 nitrogen and oxygen atoms in total. The number of anilines is 1. The zero-order valence-corrected chi connectivity index (χ0v) is 20.7. The molecule has 3 aromatic heterocycles. The molecule has 0 saturated carbocycles. The number of hydrogen-bond acceptors (Lipinski definition) is 7. The van der Waals surface area contributed by atoms with E-state index in [2.05, 4.69) is 25.4 Å². The maximum atomic E-state index is 14.9. The van der Waals surface area contributed by atoms with Crippen molar-refractivity contribution in [1.29, 1.82) is 0 Å². The number of alkyl halides is 5. The maximum absolute atomic E-state index is 14.9. The predicted octanol–water partition coefficient (Wildman–Crippen LogP) is 2.66. The van der Waals surface area contributed by atoms with Gasteiger partial charge in [0.25, 0.3) is 5.91 Å². The maximum Gasteiger partial charge on any atom is 0.419 e. The molecule has 4 heterocycles. The van der Waals surface area contributed by atoms with Gasteiger partial charge in [-0.2, -0.15) is 27.1 Å². The van der Waals surface area contributed by atoms with Crippen LogP contribution in [-0.4, -0.2) is 81.4 Å². The largest absolute Gasteiger partial charge is 0.419 e. The summed E-state index contributed by atoms with van der Waals surface area (Å²) in [6, 6.07) is 1.07. The van der Waals surface area contributed by atoms with Gasteiger partial charge in [-0.1, -0.05) is 0 Å². The lowest BCUT2D eigenvalue weighted by atomic mass is 9.58. The van der Waals surface area contributed by atoms with E-state index in [0.29, 0.717) is 23.0 Å². The first-order chi connectivity index (χ1) is 18.0. The number of ether oxygens (including phenoxy) is 1. The van der Waals surface area contributed by atoms with Crippen LogP contribution in [0, 0.1) is 12.7 Å². The third kappa shape index (κ3) is 5.18. The van der Waals surface area contributed by atoms with E-state index in [1.807, 2.05) is 0 Å². The number of aryl methyl sites for hydroxylation is 1. The van der Waals surface area contributed by atoms with Crippen molar-refractivity contribution in [3.8, 4) is 11.3 Å². The molecule has 4 radical (unpaired) electrons. The summed E-state index contributed by atoms with van der Waals surface area (Å²) in [4.78, 5) is 25.5. The third-order valence-corrected chi connectivity index (χ3v) is 6.26. The number of carbonyl (C=O) groups is 1. The molecule has 0 bridgehead atoms. The molecule has 2 unspecified atom stereocenters. The van der Waals surface area contributed by atoms with E-state index in [-0.39, 0.29) is 22.9 Å². The van der Waals surface area contributed by atoms with Crippen LogP contribution in [0.3, 0.4) is 0 Å². The Morgan fingerprint density at radius 1 is 1.15 bits per heavy atom. The molecule has 2 atom stereocenters. The lowest BCUT2D eigenvalue weighted by Gasteiger charge is -2.54. The van der Waals surface area contributed by atoms with E-state index in [1.165, 1.54) is 24.7 Å². The quantitative estimate of drug-likeness (QED) is 0.387. The van der Waals surface area contributed by atoms with E-state index in [9.17, 15) is 31.1 Å². The number of hydrogen-bond donors (Lipinski definition) is 1. The number of rotatable bonds is 5. The number of nitrogens with zero attached hydrogens (tertiary/aromatic N) is 6. The molecule has 1 saturated heterocycles. The van der Waals surface area contributed by atoms with Gasteiger partial charge in [0.15, 0.2) is 5.69 Å². The standard InChI is InChI=1S/C22H19B2F6N7O2/c1-10-16(14-5-4-13(25)8-31-14)17(35-36(10)3)18(38)37-15(11(2)39-22(29,30)21(37,23)24)9-34-19-32-6-12(7-33-19)20(26,27)28/h4-8,11,15H,9H2,1-3H3,(H,32,33,34).